The Balaban J connectivity index is 4.62. The van der Waals surface area contributed by atoms with E-state index in [-0.39, 0.29) is 10.5 Å². The average Bonchev–Trinajstić information content (AvgIpc) is 1.79. The minimum absolute atomic E-state index is 0.136. The molecule has 0 aliphatic rings. The fourth-order valence-electron chi connectivity index (χ4n) is 1.08. The number of quaternary nitrogens is 1. The predicted octanol–water partition coefficient (Wildman–Crippen LogP) is 0.163. The molecule has 0 heterocycles. The van der Waals surface area contributed by atoms with Crippen LogP contribution in [0.3, 0.4) is 0 Å². The third kappa shape index (κ3) is 5.19. The van der Waals surface area contributed by atoms with E-state index in [9.17, 15) is 10.2 Å². The highest BCUT2D eigenvalue weighted by Gasteiger charge is 2.20. The Morgan fingerprint density at radius 1 is 1.43 bits per heavy atom. The van der Waals surface area contributed by atoms with Gasteiger partial charge in [0.15, 0.2) is 0 Å². The largest absolute Gasteiger partial charge is 0.858 e. The van der Waals surface area contributed by atoms with Crippen LogP contribution in [0.15, 0.2) is 5.10 Å². The van der Waals surface area contributed by atoms with Crippen LogP contribution in [-0.2, 0) is 0 Å². The van der Waals surface area contributed by atoms with Crippen molar-refractivity contribution < 1.29 is 14.8 Å². The van der Waals surface area contributed by atoms with Crippen molar-refractivity contribution in [2.45, 2.75) is 33.8 Å². The first-order valence-electron chi connectivity index (χ1n) is 4.83. The van der Waals surface area contributed by atoms with Crippen molar-refractivity contribution in [1.82, 2.24) is 0 Å². The van der Waals surface area contributed by atoms with Gasteiger partial charge in [-0.05, 0) is 12.3 Å². The molecule has 0 aliphatic heterocycles. The topological polar surface area (TPSA) is 55.7 Å². The van der Waals surface area contributed by atoms with E-state index in [4.69, 9.17) is 0 Å². The Kier molecular flexibility index (Phi) is 4.09. The lowest BCUT2D eigenvalue weighted by Gasteiger charge is -2.31. The molecule has 4 heteroatoms. The third-order valence-electron chi connectivity index (χ3n) is 1.71. The van der Waals surface area contributed by atoms with Crippen LogP contribution < -0.4 is 5.11 Å². The molecule has 4 nitrogen and oxygen atoms in total. The zero-order chi connectivity index (χ0) is 11.6. The molecule has 0 aromatic rings. The summed E-state index contributed by atoms with van der Waals surface area (Å²) in [6.07, 6.45) is -0.457. The highest BCUT2D eigenvalue weighted by Crippen LogP contribution is 2.14. The first kappa shape index (κ1) is 13.4. The lowest BCUT2D eigenvalue weighted by atomic mass is 9.97. The molecular weight excluding hydrogens is 180 g/mol. The third-order valence-corrected chi connectivity index (χ3v) is 1.71. The van der Waals surface area contributed by atoms with Crippen molar-refractivity contribution in [2.75, 3.05) is 20.6 Å². The van der Waals surface area contributed by atoms with Gasteiger partial charge in [-0.15, -0.1) is 5.10 Å². The SMILES string of the molecule is CC(O)C[N+](C)(C)/N=C(\[O-])C(C)(C)C. The van der Waals surface area contributed by atoms with Gasteiger partial charge in [-0.25, -0.2) is 4.59 Å². The minimum Gasteiger partial charge on any atom is -0.858 e. The van der Waals surface area contributed by atoms with Crippen molar-refractivity contribution in [3.8, 4) is 0 Å². The Hall–Kier alpha value is -0.610. The van der Waals surface area contributed by atoms with Crippen LogP contribution in [0.1, 0.15) is 27.7 Å². The maximum Gasteiger partial charge on any atom is 0.128 e. The Bertz CT molecular complexity index is 215. The molecule has 0 rings (SSSR count). The fraction of sp³-hybridized carbons (Fsp3) is 0.900. The van der Waals surface area contributed by atoms with E-state index in [1.165, 1.54) is 0 Å². The van der Waals surface area contributed by atoms with E-state index in [0.29, 0.717) is 6.54 Å². The molecule has 1 unspecified atom stereocenters. The Morgan fingerprint density at radius 3 is 2.14 bits per heavy atom. The van der Waals surface area contributed by atoms with Crippen LogP contribution in [0.4, 0.5) is 0 Å². The van der Waals surface area contributed by atoms with Crippen LogP contribution in [0.2, 0.25) is 0 Å². The van der Waals surface area contributed by atoms with Crippen molar-refractivity contribution >= 4 is 5.90 Å². The molecule has 0 spiro atoms. The van der Waals surface area contributed by atoms with Gasteiger partial charge in [0.25, 0.3) is 0 Å². The molecule has 0 aromatic carbocycles. The zero-order valence-electron chi connectivity index (χ0n) is 10.0. The Morgan fingerprint density at radius 2 is 1.86 bits per heavy atom. The van der Waals surface area contributed by atoms with Crippen LogP contribution >= 0.6 is 0 Å². The van der Waals surface area contributed by atoms with E-state index >= 15 is 0 Å². The van der Waals surface area contributed by atoms with Crippen LogP contribution in [0.5, 0.6) is 0 Å². The molecule has 0 aromatic heterocycles. The molecule has 0 saturated heterocycles. The van der Waals surface area contributed by atoms with Crippen LogP contribution in [0, 0.1) is 5.41 Å². The second-order valence-electron chi connectivity index (χ2n) is 5.31. The summed E-state index contributed by atoms with van der Waals surface area (Å²) in [5.41, 5.74) is -0.450. The van der Waals surface area contributed by atoms with Crippen molar-refractivity contribution in [1.29, 1.82) is 0 Å². The van der Waals surface area contributed by atoms with E-state index in [1.807, 2.05) is 20.8 Å². The molecule has 84 valence electrons. The van der Waals surface area contributed by atoms with Gasteiger partial charge in [0.05, 0.1) is 14.1 Å². The zero-order valence-corrected chi connectivity index (χ0v) is 10.0. The number of nitrogens with zero attached hydrogens (tertiary/aromatic N) is 2. The number of likely N-dealkylation sites (N-methyl/N-ethyl adjacent to an activating group) is 1. The van der Waals surface area contributed by atoms with E-state index < -0.39 is 11.5 Å². The highest BCUT2D eigenvalue weighted by atomic mass is 16.3. The van der Waals surface area contributed by atoms with Gasteiger partial charge in [-0.1, -0.05) is 20.8 Å². The second kappa shape index (κ2) is 4.28. The van der Waals surface area contributed by atoms with Gasteiger partial charge in [-0.2, -0.15) is 0 Å². The van der Waals surface area contributed by atoms with Crippen molar-refractivity contribution in [2.24, 2.45) is 10.5 Å². The van der Waals surface area contributed by atoms with Gasteiger partial charge < -0.3 is 10.2 Å². The fourth-order valence-corrected chi connectivity index (χ4v) is 1.08. The number of aliphatic hydroxyl groups is 1. The lowest BCUT2D eigenvalue weighted by Crippen LogP contribution is -2.44. The average molecular weight is 202 g/mol. The summed E-state index contributed by atoms with van der Waals surface area (Å²) in [6.45, 7) is 7.64. The van der Waals surface area contributed by atoms with Crippen LogP contribution in [-0.4, -0.2) is 42.3 Å². The summed E-state index contributed by atoms with van der Waals surface area (Å²) >= 11 is 0. The van der Waals surface area contributed by atoms with Gasteiger partial charge in [0.1, 0.15) is 12.6 Å². The summed E-state index contributed by atoms with van der Waals surface area (Å²) < 4.78 is 0.174. The number of hydrogen-bond acceptors (Lipinski definition) is 3. The summed E-state index contributed by atoms with van der Waals surface area (Å²) in [7, 11) is 3.60. The normalized spacial score (nSPS) is 16.9. The molecule has 0 fully saturated rings. The molecule has 0 radical (unpaired) electrons. The first-order valence-corrected chi connectivity index (χ1v) is 4.83. The maximum atomic E-state index is 11.6. The second-order valence-corrected chi connectivity index (χ2v) is 5.31. The quantitative estimate of drug-likeness (QED) is 0.307. The number of aliphatic hydroxyl groups excluding tert-OH is 1. The molecule has 1 N–H and O–H groups in total. The maximum absolute atomic E-state index is 11.6. The monoisotopic (exact) mass is 202 g/mol. The van der Waals surface area contributed by atoms with Crippen molar-refractivity contribution in [3.63, 3.8) is 0 Å². The van der Waals surface area contributed by atoms with E-state index in [2.05, 4.69) is 5.10 Å². The standard InChI is InChI=1S/C10H22N2O2/c1-8(13)7-12(5,6)11-9(14)10(2,3)4/h8,13H,7H2,1-6H3. The van der Waals surface area contributed by atoms with E-state index in [1.54, 1.807) is 21.0 Å². The van der Waals surface area contributed by atoms with Gasteiger partial charge in [-0.3, -0.25) is 0 Å². The smallest absolute Gasteiger partial charge is 0.128 e. The van der Waals surface area contributed by atoms with Crippen LogP contribution in [0.25, 0.3) is 0 Å². The molecule has 0 bridgehead atoms. The number of rotatable bonds is 3. The van der Waals surface area contributed by atoms with Gasteiger partial charge in [0.2, 0.25) is 0 Å². The highest BCUT2D eigenvalue weighted by molar-refractivity contribution is 5.76. The summed E-state index contributed by atoms with van der Waals surface area (Å²) in [4.78, 5) is 0. The molecule has 1 atom stereocenters. The molecule has 0 aliphatic carbocycles. The number of hydrogen-bond donors (Lipinski definition) is 1. The molecular formula is C10H22N2O2. The van der Waals surface area contributed by atoms with Crippen molar-refractivity contribution in [3.05, 3.63) is 0 Å². The van der Waals surface area contributed by atoms with Gasteiger partial charge >= 0.3 is 0 Å². The molecule has 0 amide bonds. The summed E-state index contributed by atoms with van der Waals surface area (Å²) in [5.74, 6) is -0.136. The van der Waals surface area contributed by atoms with E-state index in [0.717, 1.165) is 0 Å². The lowest BCUT2D eigenvalue weighted by molar-refractivity contribution is -0.901. The summed E-state index contributed by atoms with van der Waals surface area (Å²) in [5, 5.41) is 24.9. The van der Waals surface area contributed by atoms with Gasteiger partial charge in [0, 0.05) is 5.90 Å². The minimum atomic E-state index is -0.457. The molecule has 14 heavy (non-hydrogen) atoms. The summed E-state index contributed by atoms with van der Waals surface area (Å²) in [6, 6.07) is 0. The first-order chi connectivity index (χ1) is 6.04. The molecule has 0 saturated carbocycles. The predicted molar refractivity (Wildman–Crippen MR) is 55.5 cm³/mol. The Labute approximate surface area is 86.4 Å².